The first-order valence-electron chi connectivity index (χ1n) is 7.74. The second-order valence-corrected chi connectivity index (χ2v) is 7.29. The number of benzene rings is 1. The van der Waals surface area contributed by atoms with E-state index >= 15 is 0 Å². The van der Waals surface area contributed by atoms with Crippen LogP contribution in [-0.2, 0) is 21.2 Å². The summed E-state index contributed by atoms with van der Waals surface area (Å²) in [7, 11) is -0.223. The molecule has 7 nitrogen and oxygen atoms in total. The van der Waals surface area contributed by atoms with Gasteiger partial charge in [0.05, 0.1) is 20.5 Å². The molecule has 0 aliphatic carbocycles. The molecule has 1 aromatic carbocycles. The molecule has 24 heavy (non-hydrogen) atoms. The van der Waals surface area contributed by atoms with Crippen molar-refractivity contribution in [2.45, 2.75) is 19.8 Å². The van der Waals surface area contributed by atoms with Crippen LogP contribution in [0.1, 0.15) is 18.9 Å². The minimum Gasteiger partial charge on any atom is -0.493 e. The van der Waals surface area contributed by atoms with E-state index in [4.69, 9.17) is 9.47 Å². The van der Waals surface area contributed by atoms with Gasteiger partial charge in [0.2, 0.25) is 15.9 Å². The maximum absolute atomic E-state index is 11.9. The number of nitrogens with zero attached hydrogens (tertiary/aromatic N) is 1. The number of ether oxygens (including phenoxy) is 2. The van der Waals surface area contributed by atoms with Crippen molar-refractivity contribution in [1.29, 1.82) is 0 Å². The molecule has 0 spiro atoms. The molecule has 0 saturated carbocycles. The highest BCUT2D eigenvalue weighted by atomic mass is 32.2. The molecule has 0 saturated heterocycles. The smallest absolute Gasteiger partial charge is 0.219 e. The summed E-state index contributed by atoms with van der Waals surface area (Å²) in [5.74, 6) is 1.14. The fourth-order valence-corrected chi connectivity index (χ4v) is 3.02. The average Bonchev–Trinajstić information content (AvgIpc) is 2.56. The number of methoxy groups -OCH3 is 2. The maximum atomic E-state index is 11.9. The Morgan fingerprint density at radius 3 is 2.38 bits per heavy atom. The molecule has 1 amide bonds. The van der Waals surface area contributed by atoms with E-state index in [0.717, 1.165) is 5.56 Å². The van der Waals surface area contributed by atoms with Gasteiger partial charge in [0.15, 0.2) is 11.5 Å². The monoisotopic (exact) mass is 358 g/mol. The number of carbonyl (C=O) groups excluding carboxylic acids is 1. The van der Waals surface area contributed by atoms with Gasteiger partial charge in [-0.05, 0) is 24.1 Å². The van der Waals surface area contributed by atoms with Gasteiger partial charge in [0.25, 0.3) is 0 Å². The van der Waals surface area contributed by atoms with Gasteiger partial charge in [0.1, 0.15) is 0 Å². The number of hydrogen-bond donors (Lipinski definition) is 1. The highest BCUT2D eigenvalue weighted by Crippen LogP contribution is 2.27. The van der Waals surface area contributed by atoms with Gasteiger partial charge in [0, 0.05) is 26.1 Å². The van der Waals surface area contributed by atoms with Crippen molar-refractivity contribution in [2.24, 2.45) is 0 Å². The first-order chi connectivity index (χ1) is 11.3. The first-order valence-corrected chi connectivity index (χ1v) is 9.59. The molecule has 0 heterocycles. The minimum atomic E-state index is -3.34. The van der Waals surface area contributed by atoms with E-state index < -0.39 is 10.0 Å². The molecule has 0 fully saturated rings. The van der Waals surface area contributed by atoms with E-state index in [-0.39, 0.29) is 12.5 Å². The van der Waals surface area contributed by atoms with E-state index in [0.29, 0.717) is 37.4 Å². The Bertz CT molecular complexity index is 646. The Morgan fingerprint density at radius 2 is 1.83 bits per heavy atom. The predicted molar refractivity (Wildman–Crippen MR) is 93.0 cm³/mol. The highest BCUT2D eigenvalue weighted by Gasteiger charge is 2.16. The Kier molecular flexibility index (Phi) is 8.00. The number of amides is 1. The van der Waals surface area contributed by atoms with Crippen LogP contribution in [0.3, 0.4) is 0 Å². The van der Waals surface area contributed by atoms with Gasteiger partial charge in [-0.1, -0.05) is 13.0 Å². The molecule has 1 aromatic rings. The van der Waals surface area contributed by atoms with E-state index in [1.165, 1.54) is 10.6 Å². The summed E-state index contributed by atoms with van der Waals surface area (Å²) in [4.78, 5) is 11.2. The lowest BCUT2D eigenvalue weighted by Gasteiger charge is -2.20. The van der Waals surface area contributed by atoms with Crippen LogP contribution in [0.25, 0.3) is 0 Å². The molecule has 0 bridgehead atoms. The third kappa shape index (κ3) is 6.37. The molecule has 0 radical (unpaired) electrons. The van der Waals surface area contributed by atoms with Crippen LogP contribution in [0, 0.1) is 0 Å². The maximum Gasteiger partial charge on any atom is 0.219 e. The molecule has 8 heteroatoms. The molecule has 1 N–H and O–H groups in total. The molecule has 0 aliphatic heterocycles. The summed E-state index contributed by atoms with van der Waals surface area (Å²) in [5.41, 5.74) is 0.943. The normalized spacial score (nSPS) is 11.4. The van der Waals surface area contributed by atoms with Gasteiger partial charge < -0.3 is 14.8 Å². The quantitative estimate of drug-likeness (QED) is 0.675. The zero-order chi connectivity index (χ0) is 18.2. The lowest BCUT2D eigenvalue weighted by Crippen LogP contribution is -2.39. The zero-order valence-electron chi connectivity index (χ0n) is 14.7. The molecule has 136 valence electrons. The number of rotatable bonds is 10. The van der Waals surface area contributed by atoms with Crippen molar-refractivity contribution in [2.75, 3.05) is 40.1 Å². The molecular weight excluding hydrogens is 332 g/mol. The Labute approximate surface area is 144 Å². The Balaban J connectivity index is 2.70. The molecule has 1 rings (SSSR count). The summed E-state index contributed by atoms with van der Waals surface area (Å²) in [5, 5.41) is 2.68. The van der Waals surface area contributed by atoms with Crippen molar-refractivity contribution in [1.82, 2.24) is 9.62 Å². The molecule has 0 aromatic heterocycles. The average molecular weight is 358 g/mol. The highest BCUT2D eigenvalue weighted by molar-refractivity contribution is 7.88. The summed E-state index contributed by atoms with van der Waals surface area (Å²) >= 11 is 0. The Morgan fingerprint density at radius 1 is 1.17 bits per heavy atom. The SMILES string of the molecule is CCC(=O)NCCN(CCc1ccc(OC)c(OC)c1)S(C)(=O)=O. The molecule has 0 aliphatic rings. The lowest BCUT2D eigenvalue weighted by atomic mass is 10.1. The third-order valence-electron chi connectivity index (χ3n) is 3.57. The lowest BCUT2D eigenvalue weighted by molar-refractivity contribution is -0.120. The third-order valence-corrected chi connectivity index (χ3v) is 4.87. The van der Waals surface area contributed by atoms with Crippen molar-refractivity contribution in [3.05, 3.63) is 23.8 Å². The van der Waals surface area contributed by atoms with Crippen LogP contribution in [0.2, 0.25) is 0 Å². The van der Waals surface area contributed by atoms with E-state index in [9.17, 15) is 13.2 Å². The number of hydrogen-bond acceptors (Lipinski definition) is 5. The van der Waals surface area contributed by atoms with Crippen molar-refractivity contribution in [3.63, 3.8) is 0 Å². The topological polar surface area (TPSA) is 84.9 Å². The summed E-state index contributed by atoms with van der Waals surface area (Å²) < 4.78 is 35.6. The van der Waals surface area contributed by atoms with Gasteiger partial charge in [-0.3, -0.25) is 4.79 Å². The zero-order valence-corrected chi connectivity index (χ0v) is 15.5. The second-order valence-electron chi connectivity index (χ2n) is 5.30. The van der Waals surface area contributed by atoms with Crippen molar-refractivity contribution < 1.29 is 22.7 Å². The number of carbonyl (C=O) groups is 1. The van der Waals surface area contributed by atoms with Gasteiger partial charge in [-0.25, -0.2) is 12.7 Å². The van der Waals surface area contributed by atoms with Crippen LogP contribution < -0.4 is 14.8 Å². The molecular formula is C16H26N2O5S. The summed E-state index contributed by atoms with van der Waals surface area (Å²) in [6.07, 6.45) is 2.09. The number of sulfonamides is 1. The van der Waals surface area contributed by atoms with Crippen LogP contribution in [-0.4, -0.2) is 58.7 Å². The van der Waals surface area contributed by atoms with Crippen LogP contribution in [0.4, 0.5) is 0 Å². The van der Waals surface area contributed by atoms with Gasteiger partial charge >= 0.3 is 0 Å². The standard InChI is InChI=1S/C16H26N2O5S/c1-5-16(19)17-9-11-18(24(4,20)21)10-8-13-6-7-14(22-2)15(12-13)23-3/h6-7,12H,5,8-11H2,1-4H3,(H,17,19). The largest absolute Gasteiger partial charge is 0.493 e. The van der Waals surface area contributed by atoms with Gasteiger partial charge in [-0.15, -0.1) is 0 Å². The minimum absolute atomic E-state index is 0.0941. The second kappa shape index (κ2) is 9.48. The van der Waals surface area contributed by atoms with Gasteiger partial charge in [-0.2, -0.15) is 0 Å². The van der Waals surface area contributed by atoms with Crippen molar-refractivity contribution in [3.8, 4) is 11.5 Å². The Hall–Kier alpha value is -1.80. The predicted octanol–water partition coefficient (Wildman–Crippen LogP) is 1.03. The first kappa shape index (κ1) is 20.2. The number of nitrogens with one attached hydrogen (secondary N) is 1. The van der Waals surface area contributed by atoms with Crippen LogP contribution in [0.15, 0.2) is 18.2 Å². The summed E-state index contributed by atoms with van der Waals surface area (Å²) in [6, 6.07) is 5.50. The summed E-state index contributed by atoms with van der Waals surface area (Å²) in [6.45, 7) is 2.63. The van der Waals surface area contributed by atoms with E-state index in [1.54, 1.807) is 27.2 Å². The van der Waals surface area contributed by atoms with Crippen molar-refractivity contribution >= 4 is 15.9 Å². The van der Waals surface area contributed by atoms with Crippen LogP contribution >= 0.6 is 0 Å². The van der Waals surface area contributed by atoms with Crippen LogP contribution in [0.5, 0.6) is 11.5 Å². The van der Waals surface area contributed by atoms with E-state index in [2.05, 4.69) is 5.32 Å². The fourth-order valence-electron chi connectivity index (χ4n) is 2.18. The fraction of sp³-hybridized carbons (Fsp3) is 0.562. The molecule has 0 unspecified atom stereocenters. The molecule has 0 atom stereocenters. The van der Waals surface area contributed by atoms with E-state index in [1.807, 2.05) is 12.1 Å².